The summed E-state index contributed by atoms with van der Waals surface area (Å²) in [4.78, 5) is 21.5. The normalized spacial score (nSPS) is 13.1. The van der Waals surface area contributed by atoms with Gasteiger partial charge >= 0.3 is 5.97 Å². The highest BCUT2D eigenvalue weighted by Gasteiger charge is 2.18. The lowest BCUT2D eigenvalue weighted by atomic mass is 10.3. The van der Waals surface area contributed by atoms with E-state index in [1.54, 1.807) is 6.92 Å². The number of carbonyl (C=O) groups is 2. The molecule has 0 spiro atoms. The second-order valence-corrected chi connectivity index (χ2v) is 7.03. The van der Waals surface area contributed by atoms with Gasteiger partial charge in [0.15, 0.2) is 9.84 Å². The Hall–Kier alpha value is -0.760. The van der Waals surface area contributed by atoms with Crippen LogP contribution in [-0.4, -0.2) is 54.5 Å². The molecule has 0 aliphatic carbocycles. The highest BCUT2D eigenvalue weighted by molar-refractivity contribution is 8.00. The Kier molecular flexibility index (Phi) is 7.21. The largest absolute Gasteiger partial charge is 0.480 e. The minimum atomic E-state index is -3.02. The number of hydrogen-bond donors (Lipinski definition) is 2. The number of hydrogen-bond acceptors (Lipinski definition) is 5. The summed E-state index contributed by atoms with van der Waals surface area (Å²) in [5, 5.41) is 11.1. The first-order valence-electron chi connectivity index (χ1n) is 5.06. The zero-order chi connectivity index (χ0) is 13.5. The lowest BCUT2D eigenvalue weighted by Gasteiger charge is -2.12. The monoisotopic (exact) mass is 283 g/mol. The lowest BCUT2D eigenvalue weighted by molar-refractivity contribution is -0.140. The Balaban J connectivity index is 3.99. The third-order valence-corrected chi connectivity index (χ3v) is 4.96. The van der Waals surface area contributed by atoms with Crippen molar-refractivity contribution in [3.63, 3.8) is 0 Å². The van der Waals surface area contributed by atoms with Gasteiger partial charge in [0.05, 0.1) is 5.75 Å². The molecule has 0 saturated carbocycles. The smallest absolute Gasteiger partial charge is 0.327 e. The third-order valence-electron chi connectivity index (χ3n) is 1.94. The SMILES string of the molecule is CCS(=O)(=O)CCSCC(NC(C)=O)C(=O)O. The molecule has 0 saturated heterocycles. The van der Waals surface area contributed by atoms with E-state index in [2.05, 4.69) is 5.32 Å². The fraction of sp³-hybridized carbons (Fsp3) is 0.778. The minimum Gasteiger partial charge on any atom is -0.480 e. The van der Waals surface area contributed by atoms with Crippen molar-refractivity contribution >= 4 is 33.5 Å². The number of carboxylic acid groups (broad SMARTS) is 1. The quantitative estimate of drug-likeness (QED) is 0.595. The highest BCUT2D eigenvalue weighted by atomic mass is 32.2. The summed E-state index contributed by atoms with van der Waals surface area (Å²) in [5.74, 6) is -0.930. The molecule has 0 fully saturated rings. The lowest BCUT2D eigenvalue weighted by Crippen LogP contribution is -2.41. The van der Waals surface area contributed by atoms with Crippen molar-refractivity contribution in [2.45, 2.75) is 19.9 Å². The maximum absolute atomic E-state index is 11.2. The van der Waals surface area contributed by atoms with Gasteiger partial charge in [0.1, 0.15) is 6.04 Å². The average molecular weight is 283 g/mol. The van der Waals surface area contributed by atoms with Crippen LogP contribution in [0, 0.1) is 0 Å². The summed E-state index contributed by atoms with van der Waals surface area (Å²) >= 11 is 1.20. The number of thioether (sulfide) groups is 1. The molecule has 2 N–H and O–H groups in total. The molecule has 1 unspecified atom stereocenters. The first-order valence-corrected chi connectivity index (χ1v) is 8.04. The first kappa shape index (κ1) is 16.2. The fourth-order valence-electron chi connectivity index (χ4n) is 0.951. The van der Waals surface area contributed by atoms with Crippen LogP contribution >= 0.6 is 11.8 Å². The van der Waals surface area contributed by atoms with Gasteiger partial charge in [0.2, 0.25) is 5.91 Å². The molecule has 100 valence electrons. The molecule has 0 rings (SSSR count). The van der Waals surface area contributed by atoms with Crippen LogP contribution in [0.5, 0.6) is 0 Å². The van der Waals surface area contributed by atoms with Gasteiger partial charge < -0.3 is 10.4 Å². The molecule has 0 bridgehead atoms. The summed E-state index contributed by atoms with van der Waals surface area (Å²) in [5.41, 5.74) is 0. The van der Waals surface area contributed by atoms with Crippen LogP contribution in [0.4, 0.5) is 0 Å². The zero-order valence-electron chi connectivity index (χ0n) is 9.80. The summed E-state index contributed by atoms with van der Waals surface area (Å²) in [7, 11) is -3.02. The molecule has 0 radical (unpaired) electrons. The van der Waals surface area contributed by atoms with Crippen molar-refractivity contribution in [1.82, 2.24) is 5.32 Å². The average Bonchev–Trinajstić information content (AvgIpc) is 2.21. The number of carboxylic acids is 1. The number of rotatable bonds is 8. The summed E-state index contributed by atoms with van der Waals surface area (Å²) in [6.45, 7) is 2.81. The van der Waals surface area contributed by atoms with Crippen LogP contribution in [0.2, 0.25) is 0 Å². The van der Waals surface area contributed by atoms with E-state index in [0.29, 0.717) is 5.75 Å². The number of amides is 1. The number of sulfone groups is 1. The molecule has 17 heavy (non-hydrogen) atoms. The molecule has 8 heteroatoms. The highest BCUT2D eigenvalue weighted by Crippen LogP contribution is 2.05. The van der Waals surface area contributed by atoms with Gasteiger partial charge in [0, 0.05) is 24.2 Å². The minimum absolute atomic E-state index is 0.0284. The Bertz CT molecular complexity index is 366. The maximum Gasteiger partial charge on any atom is 0.327 e. The molecule has 0 aliphatic rings. The second kappa shape index (κ2) is 7.54. The molecule has 6 nitrogen and oxygen atoms in total. The summed E-state index contributed by atoms with van der Waals surface area (Å²) < 4.78 is 22.3. The van der Waals surface area contributed by atoms with Crippen molar-refractivity contribution in [3.8, 4) is 0 Å². The topological polar surface area (TPSA) is 101 Å². The zero-order valence-corrected chi connectivity index (χ0v) is 11.4. The third kappa shape index (κ3) is 8.03. The van der Waals surface area contributed by atoms with Crippen molar-refractivity contribution in [1.29, 1.82) is 0 Å². The molecule has 0 heterocycles. The molecular weight excluding hydrogens is 266 g/mol. The van der Waals surface area contributed by atoms with E-state index in [1.807, 2.05) is 0 Å². The van der Waals surface area contributed by atoms with Gasteiger partial charge in [-0.05, 0) is 0 Å². The Morgan fingerprint density at radius 3 is 2.41 bits per heavy atom. The summed E-state index contributed by atoms with van der Waals surface area (Å²) in [6, 6.07) is -0.971. The van der Waals surface area contributed by atoms with Gasteiger partial charge in [-0.15, -0.1) is 0 Å². The maximum atomic E-state index is 11.2. The standard InChI is InChI=1S/C9H17NO5S2/c1-3-17(14,15)5-4-16-6-8(9(12)13)10-7(2)11/h8H,3-6H2,1-2H3,(H,10,11)(H,12,13). The van der Waals surface area contributed by atoms with Crippen molar-refractivity contribution < 1.29 is 23.1 Å². The Morgan fingerprint density at radius 1 is 1.41 bits per heavy atom. The molecule has 0 aromatic carbocycles. The van der Waals surface area contributed by atoms with E-state index in [-0.39, 0.29) is 17.3 Å². The number of aliphatic carboxylic acids is 1. The molecule has 1 atom stereocenters. The van der Waals surface area contributed by atoms with E-state index in [4.69, 9.17) is 5.11 Å². The molecule has 1 amide bonds. The van der Waals surface area contributed by atoms with Crippen LogP contribution in [0.3, 0.4) is 0 Å². The number of carbonyl (C=O) groups excluding carboxylic acids is 1. The van der Waals surface area contributed by atoms with Gasteiger partial charge in [-0.2, -0.15) is 11.8 Å². The van der Waals surface area contributed by atoms with Crippen LogP contribution in [0.15, 0.2) is 0 Å². The number of nitrogens with one attached hydrogen (secondary N) is 1. The van der Waals surface area contributed by atoms with Gasteiger partial charge in [-0.3, -0.25) is 4.79 Å². The predicted molar refractivity (Wildman–Crippen MR) is 66.9 cm³/mol. The molecule has 0 aromatic rings. The van der Waals surface area contributed by atoms with Crippen LogP contribution < -0.4 is 5.32 Å². The van der Waals surface area contributed by atoms with Crippen LogP contribution in [0.1, 0.15) is 13.8 Å². The predicted octanol–water partition coefficient (Wildman–Crippen LogP) is -0.256. The van der Waals surface area contributed by atoms with Crippen molar-refractivity contribution in [2.24, 2.45) is 0 Å². The van der Waals surface area contributed by atoms with Gasteiger partial charge in [-0.1, -0.05) is 6.92 Å². The van der Waals surface area contributed by atoms with Crippen LogP contribution in [-0.2, 0) is 19.4 Å². The van der Waals surface area contributed by atoms with Crippen LogP contribution in [0.25, 0.3) is 0 Å². The van der Waals surface area contributed by atoms with Crippen molar-refractivity contribution in [2.75, 3.05) is 23.0 Å². The Morgan fingerprint density at radius 2 is 2.00 bits per heavy atom. The first-order chi connectivity index (χ1) is 7.78. The molecule has 0 aromatic heterocycles. The van der Waals surface area contributed by atoms with E-state index >= 15 is 0 Å². The van der Waals surface area contributed by atoms with E-state index in [1.165, 1.54) is 18.7 Å². The fourth-order valence-corrected chi connectivity index (χ4v) is 3.36. The van der Waals surface area contributed by atoms with Gasteiger partial charge in [-0.25, -0.2) is 13.2 Å². The molecular formula is C9H17NO5S2. The van der Waals surface area contributed by atoms with E-state index < -0.39 is 27.8 Å². The van der Waals surface area contributed by atoms with Gasteiger partial charge in [0.25, 0.3) is 0 Å². The Labute approximate surface area is 105 Å². The second-order valence-electron chi connectivity index (χ2n) is 3.40. The van der Waals surface area contributed by atoms with E-state index in [9.17, 15) is 18.0 Å². The molecule has 0 aliphatic heterocycles. The van der Waals surface area contributed by atoms with Crippen molar-refractivity contribution in [3.05, 3.63) is 0 Å². The summed E-state index contributed by atoms with van der Waals surface area (Å²) in [6.07, 6.45) is 0. The van der Waals surface area contributed by atoms with E-state index in [0.717, 1.165) is 0 Å².